The molecule has 0 aromatic rings. The van der Waals surface area contributed by atoms with Gasteiger partial charge in [0, 0.05) is 13.1 Å². The number of nitrogens with zero attached hydrogens (tertiary/aromatic N) is 2. The molecule has 0 N–H and O–H groups in total. The minimum absolute atomic E-state index is 0.808. The molecular weight excluding hydrogens is 288 g/mol. The first-order valence-corrected chi connectivity index (χ1v) is 8.48. The van der Waals surface area contributed by atoms with Crippen molar-refractivity contribution in [2.75, 3.05) is 40.0 Å². The van der Waals surface area contributed by atoms with E-state index in [9.17, 15) is 13.0 Å². The molecule has 0 aliphatic carbocycles. The normalized spacial score (nSPS) is 12.6. The highest BCUT2D eigenvalue weighted by atomic mass is 32.3. The van der Waals surface area contributed by atoms with Crippen LogP contribution in [0.3, 0.4) is 0 Å². The largest absolute Gasteiger partial charge is 0.726 e. The summed E-state index contributed by atoms with van der Waals surface area (Å²) in [7, 11) is 0.639. The Balaban J connectivity index is 0. The molecule has 0 fully saturated rings. The molecule has 0 amide bonds. The van der Waals surface area contributed by atoms with Crippen LogP contribution in [0.2, 0.25) is 0 Å². The highest BCUT2D eigenvalue weighted by molar-refractivity contribution is 7.80. The first kappa shape index (κ1) is 21.2. The molecule has 0 bridgehead atoms. The monoisotopic (exact) mass is 314 g/mol. The van der Waals surface area contributed by atoms with E-state index in [0.717, 1.165) is 20.2 Å². The first-order chi connectivity index (χ1) is 8.73. The Kier molecular flexibility index (Phi) is 13.0. The predicted molar refractivity (Wildman–Crippen MR) is 80.8 cm³/mol. The van der Waals surface area contributed by atoms with Crippen molar-refractivity contribution in [1.82, 2.24) is 9.80 Å². The van der Waals surface area contributed by atoms with Gasteiger partial charge < -0.3 is 4.55 Å². The minimum atomic E-state index is -4.41. The lowest BCUT2D eigenvalue weighted by Gasteiger charge is -2.18. The summed E-state index contributed by atoms with van der Waals surface area (Å²) in [5.74, 6) is 1.21. The smallest absolute Gasteiger partial charge is 0.324 e. The van der Waals surface area contributed by atoms with Crippen LogP contribution in [0.15, 0.2) is 0 Å². The fourth-order valence-corrected chi connectivity index (χ4v) is 2.28. The van der Waals surface area contributed by atoms with Gasteiger partial charge in [0.1, 0.15) is 0 Å². The zero-order valence-electron chi connectivity index (χ0n) is 12.7. The van der Waals surface area contributed by atoms with Gasteiger partial charge in [-0.05, 0) is 20.5 Å². The van der Waals surface area contributed by atoms with E-state index in [2.05, 4.69) is 48.8 Å². The standard InChI is InChI=1S/C10H23N2S.CH4O4S/c1-6-9-13-10(11(4)5)12(7-2)8-3;1-5-6(2,3)4/h6-9H2,1-5H3;1H3,(H,2,3,4)/q+1;/p-1. The molecule has 0 unspecified atom stereocenters. The third-order valence-corrected chi connectivity index (χ3v) is 3.96. The summed E-state index contributed by atoms with van der Waals surface area (Å²) in [6.45, 7) is 8.84. The molecule has 0 aromatic carbocycles. The second-order valence-electron chi connectivity index (χ2n) is 3.77. The third kappa shape index (κ3) is 12.6. The quantitative estimate of drug-likeness (QED) is 0.320. The third-order valence-electron chi connectivity index (χ3n) is 2.06. The Labute approximate surface area is 121 Å². The van der Waals surface area contributed by atoms with Crippen LogP contribution in [0.1, 0.15) is 27.2 Å². The Morgan fingerprint density at radius 2 is 1.63 bits per heavy atom. The van der Waals surface area contributed by atoms with Crippen LogP contribution in [0, 0.1) is 0 Å². The fourth-order valence-electron chi connectivity index (χ4n) is 1.19. The maximum Gasteiger partial charge on any atom is 0.324 e. The SMILES string of the molecule is CCC/[S+]=C(\N(C)C)N(CC)CC.COS(=O)(=O)[O-]. The van der Waals surface area contributed by atoms with Crippen molar-refractivity contribution in [2.24, 2.45) is 0 Å². The van der Waals surface area contributed by atoms with Gasteiger partial charge in [-0.15, -0.1) is 0 Å². The van der Waals surface area contributed by atoms with Gasteiger partial charge in [0.05, 0.1) is 7.11 Å². The van der Waals surface area contributed by atoms with Crippen molar-refractivity contribution in [3.63, 3.8) is 0 Å². The molecule has 116 valence electrons. The summed E-state index contributed by atoms with van der Waals surface area (Å²) >= 11 is 1.96. The zero-order chi connectivity index (χ0) is 15.5. The minimum Gasteiger partial charge on any atom is -0.726 e. The molecule has 6 nitrogen and oxygen atoms in total. The van der Waals surface area contributed by atoms with Crippen molar-refractivity contribution in [2.45, 2.75) is 27.2 Å². The molecule has 0 aliphatic rings. The summed E-state index contributed by atoms with van der Waals surface area (Å²) < 4.78 is 31.0. The van der Waals surface area contributed by atoms with Crippen LogP contribution in [0.25, 0.3) is 0 Å². The van der Waals surface area contributed by atoms with Gasteiger partial charge in [-0.3, -0.25) is 4.18 Å². The highest BCUT2D eigenvalue weighted by Gasteiger charge is 2.19. The van der Waals surface area contributed by atoms with Crippen LogP contribution in [-0.4, -0.2) is 67.9 Å². The molecule has 0 rings (SSSR count). The predicted octanol–water partition coefficient (Wildman–Crippen LogP) is 0.563. The molecular formula is C11H26N2O4S2. The van der Waals surface area contributed by atoms with E-state index in [4.69, 9.17) is 0 Å². The number of rotatable bonds is 5. The van der Waals surface area contributed by atoms with Crippen molar-refractivity contribution in [3.05, 3.63) is 0 Å². The number of hydrogen-bond donors (Lipinski definition) is 0. The maximum absolute atomic E-state index is 9.22. The summed E-state index contributed by atoms with van der Waals surface area (Å²) in [6, 6.07) is 0. The van der Waals surface area contributed by atoms with Gasteiger partial charge in [0.15, 0.2) is 5.75 Å². The Morgan fingerprint density at radius 1 is 1.21 bits per heavy atom. The van der Waals surface area contributed by atoms with Gasteiger partial charge in [-0.2, -0.15) is 0 Å². The lowest BCUT2D eigenvalue weighted by Crippen LogP contribution is -2.41. The van der Waals surface area contributed by atoms with E-state index >= 15 is 0 Å². The van der Waals surface area contributed by atoms with Crippen LogP contribution in [-0.2, 0) is 25.9 Å². The van der Waals surface area contributed by atoms with Gasteiger partial charge in [-0.1, -0.05) is 20.8 Å². The van der Waals surface area contributed by atoms with Crippen LogP contribution >= 0.6 is 0 Å². The molecule has 0 atom stereocenters. The lowest BCUT2D eigenvalue weighted by molar-refractivity contribution is 0.314. The molecule has 0 radical (unpaired) electrons. The molecule has 19 heavy (non-hydrogen) atoms. The van der Waals surface area contributed by atoms with E-state index in [1.165, 1.54) is 17.3 Å². The van der Waals surface area contributed by atoms with Gasteiger partial charge in [0.2, 0.25) is 21.7 Å². The van der Waals surface area contributed by atoms with Gasteiger partial charge in [-0.25, -0.2) is 18.2 Å². The Morgan fingerprint density at radius 3 is 1.84 bits per heavy atom. The molecule has 8 heteroatoms. The fraction of sp³-hybridized carbons (Fsp3) is 0.909. The molecule has 0 saturated heterocycles. The highest BCUT2D eigenvalue weighted by Crippen LogP contribution is 1.94. The second-order valence-corrected chi connectivity index (χ2v) is 5.98. The Bertz CT molecular complexity index is 339. The summed E-state index contributed by atoms with van der Waals surface area (Å²) in [4.78, 5) is 4.62. The molecule has 0 spiro atoms. The number of hydrogen-bond acceptors (Lipinski definition) is 4. The van der Waals surface area contributed by atoms with Crippen molar-refractivity contribution < 1.29 is 17.2 Å². The summed E-state index contributed by atoms with van der Waals surface area (Å²) in [6.07, 6.45) is 1.24. The molecule has 0 aliphatic heterocycles. The molecule has 0 heterocycles. The van der Waals surface area contributed by atoms with Gasteiger partial charge >= 0.3 is 5.11 Å². The zero-order valence-corrected chi connectivity index (χ0v) is 14.3. The van der Waals surface area contributed by atoms with E-state index in [-0.39, 0.29) is 0 Å². The molecule has 0 saturated carbocycles. The van der Waals surface area contributed by atoms with E-state index in [1.54, 1.807) is 0 Å². The van der Waals surface area contributed by atoms with E-state index in [1.807, 2.05) is 11.4 Å². The molecule has 0 aromatic heterocycles. The van der Waals surface area contributed by atoms with Crippen molar-refractivity contribution >= 4 is 26.9 Å². The maximum atomic E-state index is 9.22. The second kappa shape index (κ2) is 11.7. The van der Waals surface area contributed by atoms with Crippen LogP contribution < -0.4 is 0 Å². The van der Waals surface area contributed by atoms with E-state index < -0.39 is 10.4 Å². The van der Waals surface area contributed by atoms with E-state index in [0.29, 0.717) is 0 Å². The summed E-state index contributed by atoms with van der Waals surface area (Å²) in [5, 5.41) is 1.40. The average Bonchev–Trinajstić information content (AvgIpc) is 2.34. The Hall–Kier alpha value is -0.120. The average molecular weight is 314 g/mol. The van der Waals surface area contributed by atoms with Crippen molar-refractivity contribution in [3.8, 4) is 0 Å². The lowest BCUT2D eigenvalue weighted by atomic mass is 10.5. The van der Waals surface area contributed by atoms with Crippen LogP contribution in [0.4, 0.5) is 0 Å². The topological polar surface area (TPSA) is 72.9 Å². The van der Waals surface area contributed by atoms with Crippen molar-refractivity contribution in [1.29, 1.82) is 0 Å². The van der Waals surface area contributed by atoms with Crippen LogP contribution in [0.5, 0.6) is 0 Å². The first-order valence-electron chi connectivity index (χ1n) is 6.16. The van der Waals surface area contributed by atoms with Gasteiger partial charge in [0.25, 0.3) is 0 Å². The summed E-state index contributed by atoms with van der Waals surface area (Å²) in [5.41, 5.74) is 0.